The zero-order chi connectivity index (χ0) is 15.6. The van der Waals surface area contributed by atoms with Gasteiger partial charge in [-0.3, -0.25) is 4.55 Å². The summed E-state index contributed by atoms with van der Waals surface area (Å²) in [7, 11) is -4.16. The summed E-state index contributed by atoms with van der Waals surface area (Å²) in [5.74, 6) is 0.573. The zero-order valence-corrected chi connectivity index (χ0v) is 13.9. The molecule has 1 aromatic carbocycles. The van der Waals surface area contributed by atoms with Crippen molar-refractivity contribution in [2.24, 2.45) is 0 Å². The Kier molecular flexibility index (Phi) is 4.88. The summed E-state index contributed by atoms with van der Waals surface area (Å²) in [4.78, 5) is 0.244. The Labute approximate surface area is 133 Å². The average molecular weight is 322 g/mol. The van der Waals surface area contributed by atoms with Crippen LogP contribution in [0.1, 0.15) is 87.2 Å². The molecule has 3 nitrogen and oxygen atoms in total. The molecular weight excluding hydrogens is 296 g/mol. The van der Waals surface area contributed by atoms with Crippen LogP contribution in [0, 0.1) is 0 Å². The Bertz CT molecular complexity index is 573. The van der Waals surface area contributed by atoms with Crippen molar-refractivity contribution in [1.82, 2.24) is 0 Å². The molecule has 0 saturated heterocycles. The number of benzene rings is 1. The lowest BCUT2D eigenvalue weighted by atomic mass is 9.80. The predicted molar refractivity (Wildman–Crippen MR) is 87.9 cm³/mol. The Balaban J connectivity index is 2.05. The second kappa shape index (κ2) is 6.71. The highest BCUT2D eigenvalue weighted by molar-refractivity contribution is 7.86. The van der Waals surface area contributed by atoms with E-state index < -0.39 is 10.1 Å². The van der Waals surface area contributed by atoms with Gasteiger partial charge in [0.25, 0.3) is 10.1 Å². The van der Waals surface area contributed by atoms with E-state index in [1.165, 1.54) is 12.8 Å². The van der Waals surface area contributed by atoms with Gasteiger partial charge in [0.2, 0.25) is 0 Å². The maximum atomic E-state index is 12.1. The van der Waals surface area contributed by atoms with E-state index in [0.717, 1.165) is 62.5 Å². The van der Waals surface area contributed by atoms with Gasteiger partial charge in [0, 0.05) is 0 Å². The predicted octanol–water partition coefficient (Wildman–Crippen LogP) is 5.03. The van der Waals surface area contributed by atoms with Crippen LogP contribution in [0.3, 0.4) is 0 Å². The van der Waals surface area contributed by atoms with Gasteiger partial charge >= 0.3 is 0 Å². The Morgan fingerprint density at radius 2 is 1.18 bits per heavy atom. The second-order valence-electron chi connectivity index (χ2n) is 6.91. The van der Waals surface area contributed by atoms with E-state index in [2.05, 4.69) is 0 Å². The van der Waals surface area contributed by atoms with Crippen LogP contribution in [0.5, 0.6) is 0 Å². The molecule has 4 heteroatoms. The first-order chi connectivity index (χ1) is 10.6. The topological polar surface area (TPSA) is 54.4 Å². The smallest absolute Gasteiger partial charge is 0.282 e. The van der Waals surface area contributed by atoms with Crippen molar-refractivity contribution in [3.63, 3.8) is 0 Å². The number of rotatable bonds is 3. The van der Waals surface area contributed by atoms with Gasteiger partial charge < -0.3 is 0 Å². The van der Waals surface area contributed by atoms with Crippen LogP contribution in [-0.2, 0) is 10.1 Å². The Morgan fingerprint density at radius 1 is 0.773 bits per heavy atom. The molecule has 0 heterocycles. The lowest BCUT2D eigenvalue weighted by Gasteiger charge is -2.28. The molecule has 22 heavy (non-hydrogen) atoms. The van der Waals surface area contributed by atoms with E-state index in [1.54, 1.807) is 0 Å². The quantitative estimate of drug-likeness (QED) is 0.794. The van der Waals surface area contributed by atoms with Crippen LogP contribution in [0.25, 0.3) is 0 Å². The monoisotopic (exact) mass is 322 g/mol. The van der Waals surface area contributed by atoms with Crippen molar-refractivity contribution in [1.29, 1.82) is 0 Å². The molecule has 3 rings (SSSR count). The maximum absolute atomic E-state index is 12.1. The number of hydrogen-bond acceptors (Lipinski definition) is 2. The van der Waals surface area contributed by atoms with Crippen molar-refractivity contribution in [2.75, 3.05) is 0 Å². The van der Waals surface area contributed by atoms with Crippen LogP contribution < -0.4 is 0 Å². The minimum atomic E-state index is -4.16. The van der Waals surface area contributed by atoms with E-state index in [4.69, 9.17) is 0 Å². The molecule has 122 valence electrons. The first-order valence-electron chi connectivity index (χ1n) is 8.67. The van der Waals surface area contributed by atoms with E-state index in [-0.39, 0.29) is 16.7 Å². The molecule has 0 aromatic heterocycles. The van der Waals surface area contributed by atoms with Crippen molar-refractivity contribution < 1.29 is 13.0 Å². The van der Waals surface area contributed by atoms with E-state index in [9.17, 15) is 13.0 Å². The van der Waals surface area contributed by atoms with Gasteiger partial charge in [-0.2, -0.15) is 8.42 Å². The van der Waals surface area contributed by atoms with Gasteiger partial charge in [-0.25, -0.2) is 0 Å². The highest BCUT2D eigenvalue weighted by Gasteiger charge is 2.29. The molecule has 0 atom stereocenters. The summed E-state index contributed by atoms with van der Waals surface area (Å²) in [6.07, 6.45) is 11.2. The van der Waals surface area contributed by atoms with Gasteiger partial charge in [-0.15, -0.1) is 0 Å². The molecule has 0 bridgehead atoms. The van der Waals surface area contributed by atoms with Gasteiger partial charge in [0.05, 0.1) is 0 Å². The van der Waals surface area contributed by atoms with Crippen molar-refractivity contribution in [3.05, 3.63) is 29.3 Å². The fourth-order valence-electron chi connectivity index (χ4n) is 4.34. The highest BCUT2D eigenvalue weighted by atomic mass is 32.2. The largest absolute Gasteiger partial charge is 0.295 e. The van der Waals surface area contributed by atoms with Crippen LogP contribution in [0.15, 0.2) is 23.1 Å². The molecular formula is C18H26O3S. The molecule has 2 fully saturated rings. The first kappa shape index (κ1) is 16.0. The molecule has 1 aromatic rings. The minimum absolute atomic E-state index is 0.244. The molecule has 0 amide bonds. The molecule has 0 spiro atoms. The van der Waals surface area contributed by atoms with Crippen molar-refractivity contribution >= 4 is 10.1 Å². The lowest BCUT2D eigenvalue weighted by molar-refractivity contribution is 0.419. The molecule has 2 saturated carbocycles. The fraction of sp³-hybridized carbons (Fsp3) is 0.667. The molecule has 1 N–H and O–H groups in total. The summed E-state index contributed by atoms with van der Waals surface area (Å²) in [6.45, 7) is 0. The van der Waals surface area contributed by atoms with Crippen LogP contribution in [0.4, 0.5) is 0 Å². The summed E-state index contributed by atoms with van der Waals surface area (Å²) >= 11 is 0. The van der Waals surface area contributed by atoms with E-state index >= 15 is 0 Å². The van der Waals surface area contributed by atoms with Gasteiger partial charge in [-0.05, 0) is 48.6 Å². The third kappa shape index (κ3) is 3.38. The van der Waals surface area contributed by atoms with E-state index in [1.807, 2.05) is 18.2 Å². The molecule has 0 aliphatic heterocycles. The second-order valence-corrected chi connectivity index (χ2v) is 8.27. The van der Waals surface area contributed by atoms with Gasteiger partial charge in [-0.1, -0.05) is 56.7 Å². The van der Waals surface area contributed by atoms with Gasteiger partial charge in [0.1, 0.15) is 4.90 Å². The Hall–Kier alpha value is -0.870. The standard InChI is InChI=1S/C18H26O3S/c19-22(20,21)18-16(14-8-3-1-4-9-14)12-7-13-17(18)15-10-5-2-6-11-15/h7,12-15H,1-6,8-11H2,(H,19,20,21). The van der Waals surface area contributed by atoms with Crippen molar-refractivity contribution in [2.45, 2.75) is 80.9 Å². The Morgan fingerprint density at radius 3 is 1.55 bits per heavy atom. The summed E-state index contributed by atoms with van der Waals surface area (Å²) in [5.41, 5.74) is 1.73. The summed E-state index contributed by atoms with van der Waals surface area (Å²) < 4.78 is 34.1. The average Bonchev–Trinajstić information content (AvgIpc) is 2.55. The lowest BCUT2D eigenvalue weighted by Crippen LogP contribution is -2.16. The minimum Gasteiger partial charge on any atom is -0.282 e. The van der Waals surface area contributed by atoms with Gasteiger partial charge in [0.15, 0.2) is 0 Å². The normalized spacial score (nSPS) is 21.9. The molecule has 0 unspecified atom stereocenters. The zero-order valence-electron chi connectivity index (χ0n) is 13.1. The van der Waals surface area contributed by atoms with Crippen LogP contribution in [0.2, 0.25) is 0 Å². The molecule has 2 aliphatic carbocycles. The van der Waals surface area contributed by atoms with Crippen LogP contribution in [-0.4, -0.2) is 13.0 Å². The molecule has 2 aliphatic rings. The highest BCUT2D eigenvalue weighted by Crippen LogP contribution is 2.41. The third-order valence-electron chi connectivity index (χ3n) is 5.42. The third-order valence-corrected chi connectivity index (χ3v) is 6.41. The summed E-state index contributed by atoms with van der Waals surface area (Å²) in [6, 6.07) is 5.83. The molecule has 0 radical (unpaired) electrons. The SMILES string of the molecule is O=S(=O)(O)c1c(C2CCCCC2)cccc1C1CCCCC1. The summed E-state index contributed by atoms with van der Waals surface area (Å²) in [5, 5.41) is 0. The number of hydrogen-bond donors (Lipinski definition) is 1. The van der Waals surface area contributed by atoms with Crippen LogP contribution >= 0.6 is 0 Å². The maximum Gasteiger partial charge on any atom is 0.295 e. The van der Waals surface area contributed by atoms with E-state index in [0.29, 0.717) is 0 Å². The fourth-order valence-corrected chi connectivity index (χ4v) is 5.41. The van der Waals surface area contributed by atoms with Crippen molar-refractivity contribution in [3.8, 4) is 0 Å². The first-order valence-corrected chi connectivity index (χ1v) is 10.1.